The number of pyridine rings is 1. The van der Waals surface area contributed by atoms with Crippen molar-refractivity contribution in [2.45, 2.75) is 13.3 Å². The van der Waals surface area contributed by atoms with E-state index >= 15 is 0 Å². The zero-order chi connectivity index (χ0) is 15.5. The van der Waals surface area contributed by atoms with Crippen molar-refractivity contribution in [1.82, 2.24) is 15.6 Å². The summed E-state index contributed by atoms with van der Waals surface area (Å²) in [6.45, 7) is 3.58. The summed E-state index contributed by atoms with van der Waals surface area (Å²) in [7, 11) is 1.56. The number of hydrogen-bond donors (Lipinski definition) is 3. The minimum absolute atomic E-state index is 0.0787. The molecule has 116 valence electrons. The molecule has 1 rings (SSSR count). The Balaban J connectivity index is 2.49. The van der Waals surface area contributed by atoms with Crippen molar-refractivity contribution in [3.63, 3.8) is 0 Å². The Morgan fingerprint density at radius 2 is 2.10 bits per heavy atom. The number of nitrogens with zero attached hydrogens (tertiary/aromatic N) is 1. The molecule has 1 heterocycles. The summed E-state index contributed by atoms with van der Waals surface area (Å²) in [5.74, 6) is -0.587. The second-order valence-corrected chi connectivity index (χ2v) is 4.37. The molecule has 2 amide bonds. The number of amides is 2. The Hall–Kier alpha value is -2.15. The third-order valence-electron chi connectivity index (χ3n) is 2.67. The zero-order valence-corrected chi connectivity index (χ0v) is 12.4. The van der Waals surface area contributed by atoms with Gasteiger partial charge >= 0.3 is 0 Å². The van der Waals surface area contributed by atoms with Crippen molar-refractivity contribution >= 4 is 17.5 Å². The van der Waals surface area contributed by atoms with Crippen LogP contribution in [0.5, 0.6) is 0 Å². The van der Waals surface area contributed by atoms with Crippen LogP contribution in [0.4, 0.5) is 5.69 Å². The first-order valence-corrected chi connectivity index (χ1v) is 6.90. The molecule has 0 saturated carbocycles. The van der Waals surface area contributed by atoms with Gasteiger partial charge < -0.3 is 20.7 Å². The number of carbonyl (C=O) groups is 2. The molecule has 7 nitrogen and oxygen atoms in total. The van der Waals surface area contributed by atoms with Crippen LogP contribution in [0.3, 0.4) is 0 Å². The molecule has 21 heavy (non-hydrogen) atoms. The van der Waals surface area contributed by atoms with E-state index in [-0.39, 0.29) is 18.4 Å². The fourth-order valence-electron chi connectivity index (χ4n) is 1.60. The first-order valence-electron chi connectivity index (χ1n) is 6.90. The van der Waals surface area contributed by atoms with Gasteiger partial charge in [-0.1, -0.05) is 6.92 Å². The van der Waals surface area contributed by atoms with Crippen LogP contribution >= 0.6 is 0 Å². The van der Waals surface area contributed by atoms with Gasteiger partial charge in [0.15, 0.2) is 0 Å². The lowest BCUT2D eigenvalue weighted by molar-refractivity contribution is -0.120. The summed E-state index contributed by atoms with van der Waals surface area (Å²) in [6, 6.07) is 1.74. The van der Waals surface area contributed by atoms with Crippen LogP contribution in [0.15, 0.2) is 18.5 Å². The van der Waals surface area contributed by atoms with E-state index < -0.39 is 0 Å². The van der Waals surface area contributed by atoms with E-state index in [0.29, 0.717) is 24.4 Å². The van der Waals surface area contributed by atoms with Crippen LogP contribution in [0.1, 0.15) is 23.7 Å². The summed E-state index contributed by atoms with van der Waals surface area (Å²) < 4.78 is 4.82. The van der Waals surface area contributed by atoms with Crippen molar-refractivity contribution < 1.29 is 14.3 Å². The highest BCUT2D eigenvalue weighted by Crippen LogP contribution is 2.13. The molecular weight excluding hydrogens is 272 g/mol. The van der Waals surface area contributed by atoms with E-state index in [1.807, 2.05) is 6.92 Å². The summed E-state index contributed by atoms with van der Waals surface area (Å²) >= 11 is 0. The molecule has 0 fully saturated rings. The SMILES string of the molecule is CCCNc1ccncc1C(=O)NCC(=O)NCCOC. The number of rotatable bonds is 9. The molecule has 0 saturated heterocycles. The van der Waals surface area contributed by atoms with E-state index in [4.69, 9.17) is 4.74 Å². The van der Waals surface area contributed by atoms with Crippen molar-refractivity contribution in [2.24, 2.45) is 0 Å². The molecule has 0 atom stereocenters. The molecule has 0 spiro atoms. The van der Waals surface area contributed by atoms with E-state index in [0.717, 1.165) is 13.0 Å². The first kappa shape index (κ1) is 16.9. The van der Waals surface area contributed by atoms with E-state index in [9.17, 15) is 9.59 Å². The second-order valence-electron chi connectivity index (χ2n) is 4.37. The van der Waals surface area contributed by atoms with Gasteiger partial charge in [0, 0.05) is 32.6 Å². The number of aromatic nitrogens is 1. The smallest absolute Gasteiger partial charge is 0.255 e. The molecule has 0 radical (unpaired) electrons. The third-order valence-corrected chi connectivity index (χ3v) is 2.67. The summed E-state index contributed by atoms with van der Waals surface area (Å²) in [6.07, 6.45) is 4.05. The molecule has 0 aliphatic rings. The molecular formula is C14H22N4O3. The molecule has 1 aromatic rings. The van der Waals surface area contributed by atoms with Crippen LogP contribution in [0.25, 0.3) is 0 Å². The van der Waals surface area contributed by atoms with Gasteiger partial charge in [-0.05, 0) is 12.5 Å². The normalized spacial score (nSPS) is 10.0. The van der Waals surface area contributed by atoms with Gasteiger partial charge in [0.1, 0.15) is 0 Å². The zero-order valence-electron chi connectivity index (χ0n) is 12.4. The highest BCUT2D eigenvalue weighted by atomic mass is 16.5. The summed E-state index contributed by atoms with van der Waals surface area (Å²) in [4.78, 5) is 27.5. The van der Waals surface area contributed by atoms with Crippen molar-refractivity contribution in [3.05, 3.63) is 24.0 Å². The van der Waals surface area contributed by atoms with Gasteiger partial charge in [0.05, 0.1) is 24.4 Å². The van der Waals surface area contributed by atoms with Gasteiger partial charge in [-0.25, -0.2) is 0 Å². The molecule has 7 heteroatoms. The maximum atomic E-state index is 12.1. The number of carbonyl (C=O) groups excluding carboxylic acids is 2. The number of methoxy groups -OCH3 is 1. The Morgan fingerprint density at radius 3 is 2.81 bits per heavy atom. The largest absolute Gasteiger partial charge is 0.384 e. The Morgan fingerprint density at radius 1 is 1.29 bits per heavy atom. The maximum Gasteiger partial charge on any atom is 0.255 e. The van der Waals surface area contributed by atoms with Crippen LogP contribution in [0.2, 0.25) is 0 Å². The number of ether oxygens (including phenoxy) is 1. The molecule has 0 aliphatic heterocycles. The first-order chi connectivity index (χ1) is 10.2. The van der Waals surface area contributed by atoms with Crippen LogP contribution in [0, 0.1) is 0 Å². The highest BCUT2D eigenvalue weighted by molar-refractivity contribution is 6.00. The fraction of sp³-hybridized carbons (Fsp3) is 0.500. The van der Waals surface area contributed by atoms with E-state index in [2.05, 4.69) is 20.9 Å². The molecule has 0 aliphatic carbocycles. The number of nitrogens with one attached hydrogen (secondary N) is 3. The fourth-order valence-corrected chi connectivity index (χ4v) is 1.60. The third kappa shape index (κ3) is 6.22. The van der Waals surface area contributed by atoms with Gasteiger partial charge in [-0.2, -0.15) is 0 Å². The average Bonchev–Trinajstić information content (AvgIpc) is 2.51. The van der Waals surface area contributed by atoms with E-state index in [1.165, 1.54) is 6.20 Å². The Kier molecular flexibility index (Phi) is 7.81. The quantitative estimate of drug-likeness (QED) is 0.573. The average molecular weight is 294 g/mol. The topological polar surface area (TPSA) is 92.4 Å². The Labute approximate surface area is 124 Å². The molecule has 0 bridgehead atoms. The lowest BCUT2D eigenvalue weighted by atomic mass is 10.2. The van der Waals surface area contributed by atoms with Gasteiger partial charge in [-0.3, -0.25) is 14.6 Å². The molecule has 1 aromatic heterocycles. The van der Waals surface area contributed by atoms with Crippen LogP contribution < -0.4 is 16.0 Å². The molecule has 3 N–H and O–H groups in total. The predicted molar refractivity (Wildman–Crippen MR) is 80.2 cm³/mol. The van der Waals surface area contributed by atoms with Gasteiger partial charge in [0.25, 0.3) is 5.91 Å². The van der Waals surface area contributed by atoms with Gasteiger partial charge in [-0.15, -0.1) is 0 Å². The lowest BCUT2D eigenvalue weighted by Gasteiger charge is -2.11. The minimum Gasteiger partial charge on any atom is -0.384 e. The highest BCUT2D eigenvalue weighted by Gasteiger charge is 2.12. The standard InChI is InChI=1S/C14H22N4O3/c1-3-5-16-12-4-6-15-9-11(12)14(20)18-10-13(19)17-7-8-21-2/h4,6,9H,3,5,7-8,10H2,1-2H3,(H,15,16)(H,17,19)(H,18,20). The number of anilines is 1. The predicted octanol–water partition coefficient (Wildman–Crippen LogP) is 0.396. The van der Waals surface area contributed by atoms with Crippen LogP contribution in [-0.2, 0) is 9.53 Å². The minimum atomic E-state index is -0.330. The molecule has 0 aromatic carbocycles. The summed E-state index contributed by atoms with van der Waals surface area (Å²) in [5, 5.41) is 8.36. The summed E-state index contributed by atoms with van der Waals surface area (Å²) in [5.41, 5.74) is 1.14. The van der Waals surface area contributed by atoms with Crippen LogP contribution in [-0.4, -0.2) is 50.1 Å². The van der Waals surface area contributed by atoms with Gasteiger partial charge in [0.2, 0.25) is 5.91 Å². The van der Waals surface area contributed by atoms with Crippen molar-refractivity contribution in [2.75, 3.05) is 38.7 Å². The van der Waals surface area contributed by atoms with Crippen molar-refractivity contribution in [3.8, 4) is 0 Å². The van der Waals surface area contributed by atoms with Crippen molar-refractivity contribution in [1.29, 1.82) is 0 Å². The lowest BCUT2D eigenvalue weighted by Crippen LogP contribution is -2.38. The monoisotopic (exact) mass is 294 g/mol. The Bertz CT molecular complexity index is 465. The molecule has 0 unspecified atom stereocenters. The maximum absolute atomic E-state index is 12.1. The van der Waals surface area contributed by atoms with E-state index in [1.54, 1.807) is 19.4 Å². The second kappa shape index (κ2) is 9.71. The number of hydrogen-bond acceptors (Lipinski definition) is 5.